The molecule has 0 aromatic rings. The molecule has 0 aromatic carbocycles. The van der Waals surface area contributed by atoms with Crippen LogP contribution in [0.1, 0.15) is 380 Å². The first kappa shape index (κ1) is 112. The topological polar surface area (TPSA) is 231 Å². The fraction of sp³-hybridized carbons (Fsp3) is 0.687. The molecule has 0 fully saturated rings. The van der Waals surface area contributed by atoms with E-state index in [1.54, 1.807) is 0 Å². The molecule has 0 aliphatic rings. The van der Waals surface area contributed by atoms with Gasteiger partial charge in [0.25, 0.3) is 0 Å². The Hall–Kier alpha value is -5.09. The monoisotopic (exact) mass is 1680 g/mol. The fourth-order valence-corrected chi connectivity index (χ4v) is 14.0. The van der Waals surface area contributed by atoms with E-state index < -0.39 is 91.5 Å². The lowest BCUT2D eigenvalue weighted by Crippen LogP contribution is -2.30. The van der Waals surface area contributed by atoms with Gasteiger partial charge >= 0.3 is 33.6 Å². The number of rotatable bonds is 87. The van der Waals surface area contributed by atoms with E-state index in [4.69, 9.17) is 32.3 Å². The van der Waals surface area contributed by atoms with Crippen LogP contribution < -0.4 is 0 Å². The molecule has 670 valence electrons. The first-order chi connectivity index (χ1) is 57.2. The molecule has 0 aromatic heterocycles. The highest BCUT2D eigenvalue weighted by atomic mass is 31.2. The molecule has 0 rings (SSSR count). The molecule has 0 heterocycles. The van der Waals surface area contributed by atoms with Gasteiger partial charge in [-0.1, -0.05) is 377 Å². The van der Waals surface area contributed by atoms with Gasteiger partial charge in [0.2, 0.25) is 0 Å². The maximum absolute atomic E-state index is 13.0. The number of carbonyl (C=O) groups excluding carboxylic acids is 3. The summed E-state index contributed by atoms with van der Waals surface area (Å²) in [6.07, 6.45) is 117. The summed E-state index contributed by atoms with van der Waals surface area (Å²) in [5.41, 5.74) is 0. The number of phosphoric acid groups is 2. The molecule has 4 N–H and O–H groups in total. The minimum atomic E-state index is -4.95. The van der Waals surface area contributed by atoms with Crippen LogP contribution in [0.4, 0.5) is 0 Å². The third-order valence-corrected chi connectivity index (χ3v) is 21.3. The van der Waals surface area contributed by atoms with Crippen LogP contribution in [0.15, 0.2) is 170 Å². The predicted octanol–water partition coefficient (Wildman–Crippen LogP) is 28.7. The van der Waals surface area contributed by atoms with Crippen LogP contribution in [0.2, 0.25) is 0 Å². The van der Waals surface area contributed by atoms with E-state index in [1.807, 2.05) is 0 Å². The summed E-state index contributed by atoms with van der Waals surface area (Å²) in [5.74, 6) is -1.61. The Kier molecular flexibility index (Phi) is 86.2. The number of allylic oxidation sites excluding steroid dienone is 28. The van der Waals surface area contributed by atoms with Gasteiger partial charge in [-0.2, -0.15) is 0 Å². The average molecular weight is 1680 g/mol. The molecule has 18 heteroatoms. The highest BCUT2D eigenvalue weighted by Crippen LogP contribution is 2.45. The van der Waals surface area contributed by atoms with Crippen molar-refractivity contribution in [2.45, 2.75) is 399 Å². The summed E-state index contributed by atoms with van der Waals surface area (Å²) in [5, 5.41) is 20.7. The molecular weight excluding hydrogens is 1510 g/mol. The van der Waals surface area contributed by atoms with Gasteiger partial charge in [-0.05, 0) is 154 Å². The van der Waals surface area contributed by atoms with Crippen molar-refractivity contribution in [2.24, 2.45) is 0 Å². The quantitative estimate of drug-likeness (QED) is 0.0146. The third-order valence-electron chi connectivity index (χ3n) is 19.4. The van der Waals surface area contributed by atoms with Crippen molar-refractivity contribution in [3.8, 4) is 0 Å². The molecule has 16 nitrogen and oxygen atoms in total. The smallest absolute Gasteiger partial charge is 0.463 e. The number of hydrogen-bond donors (Lipinski definition) is 4. The minimum Gasteiger partial charge on any atom is -0.463 e. The van der Waals surface area contributed by atoms with Crippen molar-refractivity contribution in [2.75, 3.05) is 39.6 Å². The normalized spacial score (nSPS) is 14.6. The maximum atomic E-state index is 13.0. The van der Waals surface area contributed by atoms with Crippen molar-refractivity contribution >= 4 is 33.6 Å². The van der Waals surface area contributed by atoms with E-state index in [0.717, 1.165) is 154 Å². The van der Waals surface area contributed by atoms with Crippen LogP contribution in [0.3, 0.4) is 0 Å². The number of hydrogen-bond acceptors (Lipinski definition) is 14. The zero-order valence-electron chi connectivity index (χ0n) is 73.8. The summed E-state index contributed by atoms with van der Waals surface area (Å²) in [4.78, 5) is 59.0. The van der Waals surface area contributed by atoms with Crippen molar-refractivity contribution in [1.29, 1.82) is 0 Å². The molecule has 0 spiro atoms. The Bertz CT molecular complexity index is 2810. The van der Waals surface area contributed by atoms with Crippen LogP contribution >= 0.6 is 15.6 Å². The Labute approximate surface area is 713 Å². The van der Waals surface area contributed by atoms with Crippen molar-refractivity contribution in [3.05, 3.63) is 170 Å². The summed E-state index contributed by atoms with van der Waals surface area (Å²) >= 11 is 0. The van der Waals surface area contributed by atoms with E-state index in [2.05, 4.69) is 191 Å². The Balaban J connectivity index is 4.55. The largest absolute Gasteiger partial charge is 0.472 e. The maximum Gasteiger partial charge on any atom is 0.472 e. The van der Waals surface area contributed by atoms with Gasteiger partial charge < -0.3 is 34.2 Å². The summed E-state index contributed by atoms with van der Waals surface area (Å²) < 4.78 is 61.4. The second-order valence-electron chi connectivity index (χ2n) is 30.7. The lowest BCUT2D eigenvalue weighted by atomic mass is 10.0. The molecule has 0 aliphatic heterocycles. The summed E-state index contributed by atoms with van der Waals surface area (Å²) in [6, 6.07) is 0. The Morgan fingerprint density at radius 3 is 0.726 bits per heavy atom. The molecule has 0 saturated carbocycles. The SMILES string of the molecule is CC/C=C\C/C=C\C/C=C\C/C=C\C/C=C\CCCCCCCCCCCCCCCC(=O)OCC(COP(=O)(O)OCC(O)COP(=O)(O)OCC(O)COC(=O)CCCCCCCCCCCCCCCCCCC/C=C\C/C=C\C/C=C\C/C=C\CCCCC)OC(=O)CCCCC/C=C\C/C=C\C/C=C\C/C=C\C/C=C\CC. The molecule has 0 bridgehead atoms. The zero-order chi connectivity index (χ0) is 85.1. The van der Waals surface area contributed by atoms with Gasteiger partial charge in [-0.25, -0.2) is 9.13 Å². The van der Waals surface area contributed by atoms with Gasteiger partial charge in [0.05, 0.1) is 26.4 Å². The number of carbonyl (C=O) groups is 3. The fourth-order valence-electron chi connectivity index (χ4n) is 12.4. The van der Waals surface area contributed by atoms with Crippen molar-refractivity contribution in [3.63, 3.8) is 0 Å². The Morgan fingerprint density at radius 1 is 0.248 bits per heavy atom. The lowest BCUT2D eigenvalue weighted by Gasteiger charge is -2.21. The van der Waals surface area contributed by atoms with Crippen LogP contribution in [0.5, 0.6) is 0 Å². The summed E-state index contributed by atoms with van der Waals surface area (Å²) in [7, 11) is -9.82. The molecule has 117 heavy (non-hydrogen) atoms. The van der Waals surface area contributed by atoms with E-state index in [1.165, 1.54) is 167 Å². The summed E-state index contributed by atoms with van der Waals surface area (Å²) in [6.45, 7) is 2.42. The molecule has 5 unspecified atom stereocenters. The predicted molar refractivity (Wildman–Crippen MR) is 491 cm³/mol. The molecule has 0 saturated heterocycles. The second-order valence-corrected chi connectivity index (χ2v) is 33.6. The number of unbranched alkanes of at least 4 members (excludes halogenated alkanes) is 36. The van der Waals surface area contributed by atoms with Crippen LogP contribution in [0.25, 0.3) is 0 Å². The minimum absolute atomic E-state index is 0.0611. The lowest BCUT2D eigenvalue weighted by molar-refractivity contribution is -0.161. The van der Waals surface area contributed by atoms with E-state index in [-0.39, 0.29) is 19.3 Å². The number of aliphatic hydroxyl groups is 2. The van der Waals surface area contributed by atoms with Gasteiger partial charge in [0, 0.05) is 19.3 Å². The molecule has 0 radical (unpaired) electrons. The van der Waals surface area contributed by atoms with Gasteiger partial charge in [-0.15, -0.1) is 0 Å². The molecule has 5 atom stereocenters. The molecule has 0 amide bonds. The van der Waals surface area contributed by atoms with E-state index >= 15 is 0 Å². The van der Waals surface area contributed by atoms with Gasteiger partial charge in [0.15, 0.2) is 6.10 Å². The second kappa shape index (κ2) is 90.2. The average Bonchev–Trinajstić information content (AvgIpc) is 0.899. The van der Waals surface area contributed by atoms with E-state index in [9.17, 15) is 43.5 Å². The molecular formula is C99H168O16P2. The van der Waals surface area contributed by atoms with Gasteiger partial charge in [-0.3, -0.25) is 32.5 Å². The van der Waals surface area contributed by atoms with Crippen LogP contribution in [-0.4, -0.2) is 95.9 Å². The molecule has 0 aliphatic carbocycles. The van der Waals surface area contributed by atoms with E-state index in [0.29, 0.717) is 19.3 Å². The number of aliphatic hydroxyl groups excluding tert-OH is 2. The first-order valence-electron chi connectivity index (χ1n) is 46.4. The van der Waals surface area contributed by atoms with Gasteiger partial charge in [0.1, 0.15) is 25.4 Å². The number of ether oxygens (including phenoxy) is 3. The standard InChI is InChI=1S/C99H168O16P2/c1-4-7-10-13-16-19-22-25-28-31-34-36-38-40-42-44-45-46-47-49-51-52-54-56-59-61-64-67-70-73-76-79-82-85-97(102)109-88-94(100)89-111-116(105,106)112-90-95(101)91-113-117(107,108)114-93-96(115-99(104)87-84-81-78-75-72-69-66-63-58-33-30-27-24-21-18-15-12-9-6-3)92-110-98(103)86-83-80-77-74-71-68-65-62-60-57-55-53-50-48-43-41-39-37-35-32-29-26-23-20-17-14-11-8-5-2/h8-9,11-12,16-21,25-30,34-37,40-43,58,63,69,72,94-96,100-101H,4-7,10,13-15,22-24,31-33,38-39,44-57,59-62,64-68,70-71,73-93H2,1-3H3,(H,105,106)(H,107,108)/b11-8-,12-9-,19-16-,20-17-,21-18-,28-25-,29-26-,30-27-,36-34-,37-35-,42-40-,43-41-,63-58-,72-69-. The number of esters is 3. The van der Waals surface area contributed by atoms with Crippen molar-refractivity contribution < 1.29 is 75.8 Å². The number of phosphoric ester groups is 2. The van der Waals surface area contributed by atoms with Crippen LogP contribution in [0, 0.1) is 0 Å². The van der Waals surface area contributed by atoms with Crippen molar-refractivity contribution in [1.82, 2.24) is 0 Å². The first-order valence-corrected chi connectivity index (χ1v) is 49.4. The highest BCUT2D eigenvalue weighted by molar-refractivity contribution is 7.47. The van der Waals surface area contributed by atoms with Crippen LogP contribution in [-0.2, 0) is 55.8 Å². The Morgan fingerprint density at radius 2 is 0.453 bits per heavy atom. The third kappa shape index (κ3) is 91.5. The highest BCUT2D eigenvalue weighted by Gasteiger charge is 2.29. The zero-order valence-corrected chi connectivity index (χ0v) is 75.6.